The van der Waals surface area contributed by atoms with E-state index in [9.17, 15) is 13.2 Å². The van der Waals surface area contributed by atoms with E-state index in [2.05, 4.69) is 109 Å². The van der Waals surface area contributed by atoms with Crippen molar-refractivity contribution in [3.05, 3.63) is 169 Å². The Morgan fingerprint density at radius 1 is 0.353 bits per heavy atom. The molecule has 51 heavy (non-hydrogen) atoms. The zero-order chi connectivity index (χ0) is 34.3. The molecule has 0 fully saturated rings. The fourth-order valence-corrected chi connectivity index (χ4v) is 9.43. The lowest BCUT2D eigenvalue weighted by Crippen LogP contribution is -2.07. The van der Waals surface area contributed by atoms with Gasteiger partial charge in [-0.25, -0.2) is 0 Å². The maximum Gasteiger partial charge on any atom is 0.417 e. The Balaban J connectivity index is 1.26. The first kappa shape index (κ1) is 29.9. The fourth-order valence-electron chi connectivity index (χ4n) is 8.23. The van der Waals surface area contributed by atoms with Crippen molar-refractivity contribution in [1.29, 1.82) is 0 Å². The number of hydrogen-bond acceptors (Lipinski definition) is 1. The van der Waals surface area contributed by atoms with Crippen LogP contribution in [0.15, 0.2) is 164 Å². The van der Waals surface area contributed by atoms with Crippen LogP contribution in [0.5, 0.6) is 0 Å². The van der Waals surface area contributed by atoms with Gasteiger partial charge in [0.1, 0.15) is 0 Å². The van der Waals surface area contributed by atoms with Gasteiger partial charge >= 0.3 is 6.18 Å². The summed E-state index contributed by atoms with van der Waals surface area (Å²) >= 11 is 1.70. The quantitative estimate of drug-likeness (QED) is 0.163. The summed E-state index contributed by atoms with van der Waals surface area (Å²) < 4.78 is 46.2. The molecule has 0 aliphatic rings. The Morgan fingerprint density at radius 3 is 1.33 bits per heavy atom. The molecular weight excluding hydrogens is 654 g/mol. The minimum Gasteiger partial charge on any atom is -0.166 e. The molecule has 10 aromatic rings. The number of alkyl halides is 3. The molecule has 0 saturated heterocycles. The van der Waals surface area contributed by atoms with Crippen LogP contribution in [0.3, 0.4) is 0 Å². The lowest BCUT2D eigenvalue weighted by Gasteiger charge is -2.19. The van der Waals surface area contributed by atoms with E-state index < -0.39 is 11.7 Å². The van der Waals surface area contributed by atoms with E-state index in [1.165, 1.54) is 38.2 Å². The van der Waals surface area contributed by atoms with E-state index in [0.717, 1.165) is 36.9 Å². The standard InChI is InChI=1S/C47H27F3S/c48-47(49,50)45-36-21-10-8-19-34(36)44(35-20-9-11-22-37(35)45)39-24-12-23-38-40-27-29(25-26-41(40)51-46(38)39)43-32-17-6-4-15-30(32)42(28-13-2-1-3-14-28)31-16-5-7-18-33(31)43/h1-27H. The zero-order valence-corrected chi connectivity index (χ0v) is 27.9. The number of hydrogen-bond donors (Lipinski definition) is 0. The summed E-state index contributed by atoms with van der Waals surface area (Å²) in [5.74, 6) is 0. The van der Waals surface area contributed by atoms with Crippen LogP contribution in [0.2, 0.25) is 0 Å². The van der Waals surface area contributed by atoms with Crippen molar-refractivity contribution in [1.82, 2.24) is 0 Å². The lowest BCUT2D eigenvalue weighted by atomic mass is 9.85. The monoisotopic (exact) mass is 680 g/mol. The summed E-state index contributed by atoms with van der Waals surface area (Å²) in [4.78, 5) is 0. The molecule has 1 aromatic heterocycles. The second-order valence-corrected chi connectivity index (χ2v) is 14.1. The average Bonchev–Trinajstić information content (AvgIpc) is 3.54. The molecule has 0 spiro atoms. The van der Waals surface area contributed by atoms with Crippen LogP contribution in [0.1, 0.15) is 5.56 Å². The van der Waals surface area contributed by atoms with Crippen molar-refractivity contribution in [2.75, 3.05) is 0 Å². The molecular formula is C47H27F3S. The normalized spacial score (nSPS) is 12.2. The van der Waals surface area contributed by atoms with E-state index in [4.69, 9.17) is 0 Å². The first-order valence-corrected chi connectivity index (χ1v) is 17.7. The van der Waals surface area contributed by atoms with Crippen molar-refractivity contribution in [3.63, 3.8) is 0 Å². The molecule has 4 heteroatoms. The largest absolute Gasteiger partial charge is 0.417 e. The van der Waals surface area contributed by atoms with Crippen LogP contribution in [0, 0.1) is 0 Å². The maximum atomic E-state index is 14.7. The molecule has 0 aliphatic carbocycles. The van der Waals surface area contributed by atoms with Gasteiger partial charge in [0.2, 0.25) is 0 Å². The second kappa shape index (κ2) is 11.3. The van der Waals surface area contributed by atoms with Gasteiger partial charge < -0.3 is 0 Å². The second-order valence-electron chi connectivity index (χ2n) is 13.0. The molecule has 0 amide bonds. The molecule has 10 rings (SSSR count). The first-order valence-electron chi connectivity index (χ1n) is 16.9. The summed E-state index contributed by atoms with van der Waals surface area (Å²) in [5, 5.41) is 8.67. The van der Waals surface area contributed by atoms with Crippen LogP contribution < -0.4 is 0 Å². The molecule has 0 unspecified atom stereocenters. The van der Waals surface area contributed by atoms with Crippen LogP contribution in [-0.4, -0.2) is 0 Å². The Morgan fingerprint density at radius 2 is 0.804 bits per heavy atom. The lowest BCUT2D eigenvalue weighted by molar-refractivity contribution is -0.135. The van der Waals surface area contributed by atoms with Crippen LogP contribution in [0.25, 0.3) is 96.6 Å². The van der Waals surface area contributed by atoms with Crippen molar-refractivity contribution >= 4 is 74.6 Å². The molecule has 1 heterocycles. The van der Waals surface area contributed by atoms with Crippen molar-refractivity contribution in [3.8, 4) is 33.4 Å². The highest BCUT2D eigenvalue weighted by Crippen LogP contribution is 2.50. The Bertz CT molecular complexity index is 2890. The third-order valence-electron chi connectivity index (χ3n) is 10.3. The van der Waals surface area contributed by atoms with E-state index >= 15 is 0 Å². The van der Waals surface area contributed by atoms with E-state index in [-0.39, 0.29) is 10.8 Å². The van der Waals surface area contributed by atoms with Gasteiger partial charge in [-0.2, -0.15) is 13.2 Å². The summed E-state index contributed by atoms with van der Waals surface area (Å²) in [6.45, 7) is 0. The zero-order valence-electron chi connectivity index (χ0n) is 27.1. The average molecular weight is 681 g/mol. The molecule has 0 atom stereocenters. The van der Waals surface area contributed by atoms with Gasteiger partial charge in [0.15, 0.2) is 0 Å². The van der Waals surface area contributed by atoms with E-state index in [1.54, 1.807) is 35.6 Å². The summed E-state index contributed by atoms with van der Waals surface area (Å²) in [7, 11) is 0. The highest BCUT2D eigenvalue weighted by atomic mass is 32.1. The molecule has 242 valence electrons. The number of thiophene rings is 1. The van der Waals surface area contributed by atoms with Crippen molar-refractivity contribution in [2.24, 2.45) is 0 Å². The molecule has 0 radical (unpaired) electrons. The molecule has 9 aromatic carbocycles. The Labute approximate surface area is 295 Å². The number of rotatable bonds is 3. The van der Waals surface area contributed by atoms with Crippen molar-refractivity contribution in [2.45, 2.75) is 6.18 Å². The Hall–Kier alpha value is -5.97. The van der Waals surface area contributed by atoms with E-state index in [0.29, 0.717) is 10.8 Å². The molecule has 0 saturated carbocycles. The molecule has 0 aliphatic heterocycles. The van der Waals surface area contributed by atoms with Gasteiger partial charge in [-0.05, 0) is 83.0 Å². The maximum absolute atomic E-state index is 14.7. The predicted octanol–water partition coefficient (Wildman–Crippen LogP) is 14.7. The minimum absolute atomic E-state index is 0.219. The van der Waals surface area contributed by atoms with Gasteiger partial charge in [0.05, 0.1) is 5.56 Å². The molecule has 0 bridgehead atoms. The van der Waals surface area contributed by atoms with Gasteiger partial charge in [0, 0.05) is 25.7 Å². The summed E-state index contributed by atoms with van der Waals surface area (Å²) in [6.07, 6.45) is -4.49. The summed E-state index contributed by atoms with van der Waals surface area (Å²) in [5.41, 5.74) is 5.94. The van der Waals surface area contributed by atoms with Crippen LogP contribution in [0.4, 0.5) is 13.2 Å². The number of halogens is 3. The van der Waals surface area contributed by atoms with Gasteiger partial charge in [-0.1, -0.05) is 152 Å². The minimum atomic E-state index is -4.49. The van der Waals surface area contributed by atoms with Gasteiger partial charge in [0.25, 0.3) is 0 Å². The van der Waals surface area contributed by atoms with Crippen molar-refractivity contribution < 1.29 is 13.2 Å². The van der Waals surface area contributed by atoms with E-state index in [1.807, 2.05) is 30.3 Å². The topological polar surface area (TPSA) is 0 Å². The van der Waals surface area contributed by atoms with Gasteiger partial charge in [-0.15, -0.1) is 11.3 Å². The number of benzene rings is 9. The highest BCUT2D eigenvalue weighted by molar-refractivity contribution is 7.26. The Kier molecular flexibility index (Phi) is 6.61. The van der Waals surface area contributed by atoms with Crippen LogP contribution >= 0.6 is 11.3 Å². The fraction of sp³-hybridized carbons (Fsp3) is 0.0213. The SMILES string of the molecule is FC(F)(F)c1c2ccccc2c(-c2cccc3c2sc2ccc(-c4c5ccccc5c(-c5ccccc5)c5ccccc45)cc23)c2ccccc12. The number of fused-ring (bicyclic) bond motifs is 7. The van der Waals surface area contributed by atoms with Gasteiger partial charge in [-0.3, -0.25) is 0 Å². The summed E-state index contributed by atoms with van der Waals surface area (Å²) in [6, 6.07) is 54.8. The first-order chi connectivity index (χ1) is 25.0. The third-order valence-corrected chi connectivity index (χ3v) is 11.5. The smallest absolute Gasteiger partial charge is 0.166 e. The van der Waals surface area contributed by atoms with Crippen LogP contribution in [-0.2, 0) is 6.18 Å². The third kappa shape index (κ3) is 4.53. The highest BCUT2D eigenvalue weighted by Gasteiger charge is 2.36. The molecule has 0 N–H and O–H groups in total. The predicted molar refractivity (Wildman–Crippen MR) is 211 cm³/mol. The molecule has 0 nitrogen and oxygen atoms in total.